The molecule has 1 N–H and O–H groups in total. The van der Waals surface area contributed by atoms with Crippen molar-refractivity contribution in [3.8, 4) is 0 Å². The molecule has 1 aromatic rings. The van der Waals surface area contributed by atoms with Gasteiger partial charge in [-0.05, 0) is 12.1 Å². The number of nitrogens with zero attached hydrogens (tertiary/aromatic N) is 1. The molecule has 4 heteroatoms. The number of pyridine rings is 1. The largest absolute Gasteiger partial charge is 1.00 e. The molecule has 0 radical (unpaired) electrons. The summed E-state index contributed by atoms with van der Waals surface area (Å²) in [6.45, 7) is 0. The Kier molecular flexibility index (Phi) is 5.11. The van der Waals surface area contributed by atoms with Gasteiger partial charge in [-0.15, -0.1) is 0 Å². The standard InChI is InChI=1S/C6H6N2O.K/c7-6(9)5-2-1-3-8-4-5;/h1-4H,(H2,7,9);/q;+1/p-1. The van der Waals surface area contributed by atoms with Gasteiger partial charge in [-0.1, -0.05) is 0 Å². The number of hydrogen-bond acceptors (Lipinski definition) is 2. The second-order valence-electron chi connectivity index (χ2n) is 1.57. The van der Waals surface area contributed by atoms with Crippen LogP contribution in [0.15, 0.2) is 24.5 Å². The molecule has 0 aromatic carbocycles. The predicted molar refractivity (Wildman–Crippen MR) is 32.9 cm³/mol. The minimum atomic E-state index is -0.692. The van der Waals surface area contributed by atoms with Crippen LogP contribution in [0.3, 0.4) is 0 Å². The molecule has 0 saturated heterocycles. The van der Waals surface area contributed by atoms with Crippen LogP contribution in [0.2, 0.25) is 0 Å². The maximum Gasteiger partial charge on any atom is 1.00 e. The third-order valence-corrected chi connectivity index (χ3v) is 0.924. The fraction of sp³-hybridized carbons (Fsp3) is 0. The molecule has 46 valence electrons. The van der Waals surface area contributed by atoms with Crippen LogP contribution >= 0.6 is 0 Å². The van der Waals surface area contributed by atoms with Crippen molar-refractivity contribution in [1.29, 1.82) is 0 Å². The Morgan fingerprint density at radius 1 is 1.60 bits per heavy atom. The van der Waals surface area contributed by atoms with Gasteiger partial charge in [0.25, 0.3) is 0 Å². The smallest absolute Gasteiger partial charge is 0.664 e. The predicted octanol–water partition coefficient (Wildman–Crippen LogP) is -1.72. The molecule has 3 nitrogen and oxygen atoms in total. The van der Waals surface area contributed by atoms with E-state index in [4.69, 9.17) is 5.73 Å². The van der Waals surface area contributed by atoms with E-state index in [0.717, 1.165) is 0 Å². The topological polar surface area (TPSA) is 53.8 Å². The van der Waals surface area contributed by atoms with Gasteiger partial charge in [0.15, 0.2) is 0 Å². The van der Waals surface area contributed by atoms with Crippen molar-refractivity contribution in [1.82, 2.24) is 4.98 Å². The summed E-state index contributed by atoms with van der Waals surface area (Å²) in [4.78, 5) is 13.9. The molecule has 1 aromatic heterocycles. The van der Waals surface area contributed by atoms with Crippen LogP contribution in [0.4, 0.5) is 0 Å². The average molecular weight is 160 g/mol. The van der Waals surface area contributed by atoms with E-state index in [2.05, 4.69) is 4.98 Å². The third kappa shape index (κ3) is 2.89. The van der Waals surface area contributed by atoms with E-state index < -0.39 is 5.91 Å². The Morgan fingerprint density at radius 2 is 2.30 bits per heavy atom. The van der Waals surface area contributed by atoms with Crippen LogP contribution in [0.25, 0.3) is 5.73 Å². The zero-order valence-electron chi connectivity index (χ0n) is 5.66. The fourth-order valence-corrected chi connectivity index (χ4v) is 0.497. The molecule has 0 aliphatic heterocycles. The van der Waals surface area contributed by atoms with Crippen molar-refractivity contribution in [2.75, 3.05) is 0 Å². The summed E-state index contributed by atoms with van der Waals surface area (Å²) in [6.07, 6.45) is 2.93. The van der Waals surface area contributed by atoms with Crippen LogP contribution < -0.4 is 51.4 Å². The SMILES string of the molecule is [K+].[NH-]C(=O)c1cccnc1. The van der Waals surface area contributed by atoms with Gasteiger partial charge in [0.05, 0.1) is 5.91 Å². The molecule has 0 aliphatic rings. The van der Waals surface area contributed by atoms with E-state index in [-0.39, 0.29) is 51.4 Å². The normalized spacial score (nSPS) is 8.00. The molecule has 0 fully saturated rings. The number of rotatable bonds is 1. The van der Waals surface area contributed by atoms with E-state index >= 15 is 0 Å². The van der Waals surface area contributed by atoms with Gasteiger partial charge in [-0.2, -0.15) is 0 Å². The minimum Gasteiger partial charge on any atom is -0.664 e. The molecule has 1 rings (SSSR count). The quantitative estimate of drug-likeness (QED) is 0.459. The van der Waals surface area contributed by atoms with Gasteiger partial charge in [-0.25, -0.2) is 0 Å². The summed E-state index contributed by atoms with van der Waals surface area (Å²) in [7, 11) is 0. The maximum atomic E-state index is 10.3. The number of hydrogen-bond donors (Lipinski definition) is 0. The molecule has 0 bridgehead atoms. The first-order valence-corrected chi connectivity index (χ1v) is 2.46. The number of carbonyl (C=O) groups is 1. The molecule has 0 unspecified atom stereocenters. The molecule has 0 saturated carbocycles. The second kappa shape index (κ2) is 4.98. The van der Waals surface area contributed by atoms with Gasteiger partial charge in [-0.3, -0.25) is 4.98 Å². The number of aromatic nitrogens is 1. The van der Waals surface area contributed by atoms with Crippen LogP contribution in [-0.4, -0.2) is 10.9 Å². The van der Waals surface area contributed by atoms with Crippen molar-refractivity contribution in [2.45, 2.75) is 0 Å². The first-order chi connectivity index (χ1) is 4.30. The summed E-state index contributed by atoms with van der Waals surface area (Å²) >= 11 is 0. The Balaban J connectivity index is 0.000000810. The van der Waals surface area contributed by atoms with Crippen molar-refractivity contribution in [2.24, 2.45) is 0 Å². The number of amides is 1. The summed E-state index contributed by atoms with van der Waals surface area (Å²) in [5.41, 5.74) is 6.97. The molecule has 0 atom stereocenters. The molecule has 0 aliphatic carbocycles. The van der Waals surface area contributed by atoms with Crippen LogP contribution in [-0.2, 0) is 0 Å². The summed E-state index contributed by atoms with van der Waals surface area (Å²) in [5, 5.41) is 0. The average Bonchev–Trinajstić information content (AvgIpc) is 1.90. The fourth-order valence-electron chi connectivity index (χ4n) is 0.497. The molecular formula is C6H5KN2O. The Morgan fingerprint density at radius 3 is 2.60 bits per heavy atom. The molecule has 0 spiro atoms. The van der Waals surface area contributed by atoms with Gasteiger partial charge in [0.2, 0.25) is 0 Å². The minimum absolute atomic E-state index is 0. The van der Waals surface area contributed by atoms with E-state index in [1.807, 2.05) is 0 Å². The Labute approximate surface area is 101 Å². The molecule has 10 heavy (non-hydrogen) atoms. The Bertz CT molecular complexity index is 212. The van der Waals surface area contributed by atoms with E-state index in [1.165, 1.54) is 6.20 Å². The third-order valence-electron chi connectivity index (χ3n) is 0.924. The number of nitrogens with one attached hydrogen (secondary N) is 1. The van der Waals surface area contributed by atoms with Gasteiger partial charge < -0.3 is 10.5 Å². The zero-order chi connectivity index (χ0) is 6.69. The summed E-state index contributed by atoms with van der Waals surface area (Å²) in [5.74, 6) is -0.692. The number of carbonyl (C=O) groups excluding carboxylic acids is 1. The molecule has 1 heterocycles. The van der Waals surface area contributed by atoms with Crippen LogP contribution in [0.5, 0.6) is 0 Å². The van der Waals surface area contributed by atoms with Crippen molar-refractivity contribution in [3.05, 3.63) is 35.8 Å². The van der Waals surface area contributed by atoms with Crippen molar-refractivity contribution < 1.29 is 56.2 Å². The summed E-state index contributed by atoms with van der Waals surface area (Å²) < 4.78 is 0. The van der Waals surface area contributed by atoms with Gasteiger partial charge in [0.1, 0.15) is 0 Å². The summed E-state index contributed by atoms with van der Waals surface area (Å²) in [6, 6.07) is 3.18. The maximum absolute atomic E-state index is 10.3. The molecule has 1 amide bonds. The van der Waals surface area contributed by atoms with Crippen molar-refractivity contribution >= 4 is 5.91 Å². The Hall–Kier alpha value is 0.256. The monoisotopic (exact) mass is 160 g/mol. The first-order valence-electron chi connectivity index (χ1n) is 2.46. The van der Waals surface area contributed by atoms with Crippen molar-refractivity contribution in [3.63, 3.8) is 0 Å². The van der Waals surface area contributed by atoms with E-state index in [9.17, 15) is 4.79 Å². The van der Waals surface area contributed by atoms with Crippen LogP contribution in [0.1, 0.15) is 10.4 Å². The van der Waals surface area contributed by atoms with E-state index in [1.54, 1.807) is 18.3 Å². The van der Waals surface area contributed by atoms with Crippen LogP contribution in [0, 0.1) is 0 Å². The second-order valence-corrected chi connectivity index (χ2v) is 1.57. The molecular weight excluding hydrogens is 155 g/mol. The van der Waals surface area contributed by atoms with Gasteiger partial charge >= 0.3 is 51.4 Å². The zero-order valence-corrected chi connectivity index (χ0v) is 8.79. The van der Waals surface area contributed by atoms with E-state index in [0.29, 0.717) is 5.56 Å². The van der Waals surface area contributed by atoms with Gasteiger partial charge in [0, 0.05) is 18.0 Å². The first kappa shape index (κ1) is 10.3.